The van der Waals surface area contributed by atoms with Crippen molar-refractivity contribution in [2.24, 2.45) is 0 Å². The van der Waals surface area contributed by atoms with Crippen LogP contribution in [0.25, 0.3) is 0 Å². The average molecular weight is 242 g/mol. The molecule has 0 aliphatic rings. The Morgan fingerprint density at radius 1 is 1.50 bits per heavy atom. The third-order valence-corrected chi connectivity index (χ3v) is 2.08. The van der Waals surface area contributed by atoms with Crippen LogP contribution in [-0.2, 0) is 4.79 Å². The Labute approximate surface area is 98.2 Å². The number of nitrogens with one attached hydrogen (secondary N) is 2. The van der Waals surface area contributed by atoms with E-state index in [1.165, 1.54) is 13.1 Å². The van der Waals surface area contributed by atoms with Crippen molar-refractivity contribution in [3.63, 3.8) is 0 Å². The minimum absolute atomic E-state index is 0.541. The van der Waals surface area contributed by atoms with Crippen molar-refractivity contribution in [2.75, 3.05) is 5.32 Å². The van der Waals surface area contributed by atoms with Crippen molar-refractivity contribution in [3.8, 4) is 0 Å². The van der Waals surface area contributed by atoms with E-state index in [4.69, 9.17) is 11.6 Å². The molecule has 0 fully saturated rings. The van der Waals surface area contributed by atoms with Crippen molar-refractivity contribution < 1.29 is 9.59 Å². The number of urea groups is 1. The van der Waals surface area contributed by atoms with Gasteiger partial charge in [-0.1, -0.05) is 0 Å². The number of anilines is 1. The third-order valence-electron chi connectivity index (χ3n) is 1.89. The van der Waals surface area contributed by atoms with Gasteiger partial charge in [-0.3, -0.25) is 15.1 Å². The van der Waals surface area contributed by atoms with E-state index in [-0.39, 0.29) is 0 Å². The topological polar surface area (TPSA) is 71.1 Å². The first-order valence-electron chi connectivity index (χ1n) is 4.67. The maximum atomic E-state index is 11.4. The fraction of sp³-hybridized carbons (Fsp3) is 0.300. The summed E-state index contributed by atoms with van der Waals surface area (Å²) in [5.74, 6) is -0.541. The Kier molecular flexibility index (Phi) is 4.25. The summed E-state index contributed by atoms with van der Waals surface area (Å²) in [6.45, 7) is 3.31. The van der Waals surface area contributed by atoms with Crippen LogP contribution in [0.1, 0.15) is 12.5 Å². The highest BCUT2D eigenvalue weighted by molar-refractivity contribution is 6.31. The summed E-state index contributed by atoms with van der Waals surface area (Å²) >= 11 is 5.50. The number of nitrogens with zero attached hydrogens (tertiary/aromatic N) is 1. The predicted molar refractivity (Wildman–Crippen MR) is 61.5 cm³/mol. The lowest BCUT2D eigenvalue weighted by molar-refractivity contribution is -0.119. The Balaban J connectivity index is 2.59. The Morgan fingerprint density at radius 3 is 2.75 bits per heavy atom. The highest BCUT2D eigenvalue weighted by Crippen LogP contribution is 2.10. The van der Waals surface area contributed by atoms with E-state index in [0.717, 1.165) is 5.56 Å². The highest BCUT2D eigenvalue weighted by atomic mass is 35.5. The fourth-order valence-corrected chi connectivity index (χ4v) is 1.01. The lowest BCUT2D eigenvalue weighted by atomic mass is 10.2. The summed E-state index contributed by atoms with van der Waals surface area (Å²) < 4.78 is 0. The van der Waals surface area contributed by atoms with Gasteiger partial charge in [0.25, 0.3) is 0 Å². The van der Waals surface area contributed by atoms with Crippen molar-refractivity contribution in [2.45, 2.75) is 19.2 Å². The number of aromatic nitrogens is 1. The first-order valence-corrected chi connectivity index (χ1v) is 5.11. The Bertz CT molecular complexity index is 407. The molecule has 0 aliphatic carbocycles. The number of carbonyl (C=O) groups is 2. The number of hydrogen-bond donors (Lipinski definition) is 2. The molecular weight excluding hydrogens is 230 g/mol. The van der Waals surface area contributed by atoms with Gasteiger partial charge in [0.15, 0.2) is 0 Å². The van der Waals surface area contributed by atoms with Crippen molar-refractivity contribution >= 4 is 29.2 Å². The standard InChI is InChI=1S/C10H12ClN3O2/c1-6-3-4-12-5-8(6)13-10(16)14-9(15)7(2)11/h3-5,7H,1-2H3,(H2,13,14,15,16). The Hall–Kier alpha value is -1.62. The molecule has 1 atom stereocenters. The van der Waals surface area contributed by atoms with Gasteiger partial charge < -0.3 is 5.32 Å². The van der Waals surface area contributed by atoms with Crippen molar-refractivity contribution in [1.82, 2.24) is 10.3 Å². The Morgan fingerprint density at radius 2 is 2.19 bits per heavy atom. The van der Waals surface area contributed by atoms with Crippen LogP contribution < -0.4 is 10.6 Å². The lowest BCUT2D eigenvalue weighted by Gasteiger charge is -2.08. The monoisotopic (exact) mass is 241 g/mol. The van der Waals surface area contributed by atoms with Gasteiger partial charge in [0.1, 0.15) is 5.38 Å². The van der Waals surface area contributed by atoms with E-state index in [9.17, 15) is 9.59 Å². The van der Waals surface area contributed by atoms with Crippen LogP contribution in [0.4, 0.5) is 10.5 Å². The van der Waals surface area contributed by atoms with Crippen LogP contribution in [0, 0.1) is 6.92 Å². The minimum atomic E-state index is -0.749. The number of alkyl halides is 1. The van der Waals surface area contributed by atoms with Crippen LogP contribution >= 0.6 is 11.6 Å². The predicted octanol–water partition coefficient (Wildman–Crippen LogP) is 1.67. The van der Waals surface area contributed by atoms with Gasteiger partial charge in [0.2, 0.25) is 5.91 Å². The SMILES string of the molecule is Cc1ccncc1NC(=O)NC(=O)C(C)Cl. The van der Waals surface area contributed by atoms with E-state index in [2.05, 4.69) is 15.6 Å². The minimum Gasteiger partial charge on any atom is -0.306 e. The molecule has 0 aliphatic heterocycles. The molecular formula is C10H12ClN3O2. The van der Waals surface area contributed by atoms with Crippen LogP contribution in [0.2, 0.25) is 0 Å². The van der Waals surface area contributed by atoms with Crippen LogP contribution in [0.5, 0.6) is 0 Å². The third kappa shape index (κ3) is 3.51. The normalized spacial score (nSPS) is 11.7. The molecule has 0 aromatic carbocycles. The molecule has 1 heterocycles. The number of hydrogen-bond acceptors (Lipinski definition) is 3. The molecule has 1 rings (SSSR count). The molecule has 0 saturated heterocycles. The fourth-order valence-electron chi connectivity index (χ4n) is 0.960. The first kappa shape index (κ1) is 12.4. The van der Waals surface area contributed by atoms with Crippen LogP contribution in [0.3, 0.4) is 0 Å². The molecule has 0 radical (unpaired) electrons. The number of imide groups is 1. The second-order valence-electron chi connectivity index (χ2n) is 3.25. The molecule has 1 unspecified atom stereocenters. The maximum Gasteiger partial charge on any atom is 0.325 e. The number of amides is 3. The molecule has 0 saturated carbocycles. The molecule has 2 N–H and O–H groups in total. The van der Waals surface area contributed by atoms with Gasteiger partial charge >= 0.3 is 6.03 Å². The molecule has 1 aromatic rings. The van der Waals surface area contributed by atoms with Gasteiger partial charge in [0, 0.05) is 6.20 Å². The van der Waals surface area contributed by atoms with E-state index in [1.807, 2.05) is 6.92 Å². The summed E-state index contributed by atoms with van der Waals surface area (Å²) in [6.07, 6.45) is 3.12. The molecule has 6 heteroatoms. The largest absolute Gasteiger partial charge is 0.325 e. The summed E-state index contributed by atoms with van der Waals surface area (Å²) in [5.41, 5.74) is 1.41. The zero-order valence-corrected chi connectivity index (χ0v) is 9.71. The number of carbonyl (C=O) groups excluding carboxylic acids is 2. The number of rotatable bonds is 2. The van der Waals surface area contributed by atoms with Gasteiger partial charge in [-0.05, 0) is 25.5 Å². The van der Waals surface area contributed by atoms with Crippen LogP contribution in [0.15, 0.2) is 18.5 Å². The second kappa shape index (κ2) is 5.46. The van der Waals surface area contributed by atoms with Gasteiger partial charge in [-0.15, -0.1) is 11.6 Å². The molecule has 86 valence electrons. The molecule has 16 heavy (non-hydrogen) atoms. The van der Waals surface area contributed by atoms with Crippen molar-refractivity contribution in [1.29, 1.82) is 0 Å². The maximum absolute atomic E-state index is 11.4. The summed E-state index contributed by atoms with van der Waals surface area (Å²) in [4.78, 5) is 26.3. The van der Waals surface area contributed by atoms with Crippen molar-refractivity contribution in [3.05, 3.63) is 24.0 Å². The highest BCUT2D eigenvalue weighted by Gasteiger charge is 2.13. The van der Waals surface area contributed by atoms with Gasteiger partial charge in [0.05, 0.1) is 11.9 Å². The van der Waals surface area contributed by atoms with E-state index in [1.54, 1.807) is 12.3 Å². The molecule has 5 nitrogen and oxygen atoms in total. The lowest BCUT2D eigenvalue weighted by Crippen LogP contribution is -2.38. The summed E-state index contributed by atoms with van der Waals surface area (Å²) in [6, 6.07) is 1.13. The molecule has 3 amide bonds. The average Bonchev–Trinajstić information content (AvgIpc) is 2.21. The van der Waals surface area contributed by atoms with E-state index >= 15 is 0 Å². The smallest absolute Gasteiger partial charge is 0.306 e. The van der Waals surface area contributed by atoms with E-state index < -0.39 is 17.3 Å². The zero-order valence-electron chi connectivity index (χ0n) is 8.95. The molecule has 1 aromatic heterocycles. The first-order chi connectivity index (χ1) is 7.50. The number of halogens is 1. The van der Waals surface area contributed by atoms with Gasteiger partial charge in [-0.2, -0.15) is 0 Å². The van der Waals surface area contributed by atoms with Gasteiger partial charge in [-0.25, -0.2) is 4.79 Å². The molecule has 0 bridgehead atoms. The second-order valence-corrected chi connectivity index (χ2v) is 3.90. The zero-order chi connectivity index (χ0) is 12.1. The van der Waals surface area contributed by atoms with Crippen LogP contribution in [-0.4, -0.2) is 22.3 Å². The van der Waals surface area contributed by atoms with E-state index in [0.29, 0.717) is 5.69 Å². The summed E-state index contributed by atoms with van der Waals surface area (Å²) in [5, 5.41) is 3.86. The number of aryl methyl sites for hydroxylation is 1. The summed E-state index contributed by atoms with van der Waals surface area (Å²) in [7, 11) is 0. The number of pyridine rings is 1. The molecule has 0 spiro atoms. The quantitative estimate of drug-likeness (QED) is 0.774.